The first-order chi connectivity index (χ1) is 9.93. The van der Waals surface area contributed by atoms with E-state index < -0.39 is 0 Å². The van der Waals surface area contributed by atoms with E-state index in [1.807, 2.05) is 19.1 Å². The predicted octanol–water partition coefficient (Wildman–Crippen LogP) is 2.68. The Morgan fingerprint density at radius 1 is 1.33 bits per heavy atom. The molecule has 1 atom stereocenters. The molecular weight excluding hydrogens is 288 g/mol. The molecule has 3 rings (SSSR count). The van der Waals surface area contributed by atoms with Crippen LogP contribution in [0.25, 0.3) is 0 Å². The smallest absolute Gasteiger partial charge is 0.255 e. The highest BCUT2D eigenvalue weighted by Crippen LogP contribution is 2.41. The van der Waals surface area contributed by atoms with Crippen LogP contribution in [0.1, 0.15) is 40.9 Å². The van der Waals surface area contributed by atoms with Crippen LogP contribution in [0.5, 0.6) is 0 Å². The molecule has 0 bridgehead atoms. The lowest BCUT2D eigenvalue weighted by Gasteiger charge is -2.32. The van der Waals surface area contributed by atoms with Crippen molar-refractivity contribution < 1.29 is 9.59 Å². The summed E-state index contributed by atoms with van der Waals surface area (Å²) in [6.45, 7) is 2.49. The zero-order valence-electron chi connectivity index (χ0n) is 12.1. The Morgan fingerprint density at radius 2 is 2.10 bits per heavy atom. The van der Waals surface area contributed by atoms with Crippen LogP contribution in [-0.2, 0) is 10.2 Å². The van der Waals surface area contributed by atoms with Gasteiger partial charge in [-0.25, -0.2) is 4.98 Å². The van der Waals surface area contributed by atoms with Crippen molar-refractivity contribution in [1.82, 2.24) is 9.88 Å². The van der Waals surface area contributed by atoms with Crippen molar-refractivity contribution in [2.24, 2.45) is 0 Å². The van der Waals surface area contributed by atoms with Gasteiger partial charge in [0.1, 0.15) is 5.15 Å². The number of fused-ring (bicyclic) bond motifs is 2. The monoisotopic (exact) mass is 304 g/mol. The van der Waals surface area contributed by atoms with Crippen LogP contribution in [0.2, 0.25) is 5.15 Å². The molecule has 5 heteroatoms. The van der Waals surface area contributed by atoms with Crippen molar-refractivity contribution >= 4 is 23.3 Å². The fourth-order valence-electron chi connectivity index (χ4n) is 3.10. The van der Waals surface area contributed by atoms with Crippen LogP contribution < -0.4 is 0 Å². The number of rotatable bonds is 0. The van der Waals surface area contributed by atoms with Crippen LogP contribution in [0.4, 0.5) is 0 Å². The third-order valence-electron chi connectivity index (χ3n) is 4.50. The molecule has 1 amide bonds. The minimum atomic E-state index is -0.360. The second-order valence-electron chi connectivity index (χ2n) is 5.92. The van der Waals surface area contributed by atoms with Gasteiger partial charge in [0.25, 0.3) is 5.91 Å². The Balaban J connectivity index is 2.24. The number of hydrogen-bond donors (Lipinski definition) is 0. The molecule has 1 spiro atoms. The van der Waals surface area contributed by atoms with Crippen molar-refractivity contribution in [1.29, 1.82) is 0 Å². The van der Waals surface area contributed by atoms with Crippen molar-refractivity contribution in [3.8, 4) is 0 Å². The fraction of sp³-hybridized carbons (Fsp3) is 0.438. The molecule has 2 aliphatic rings. The molecule has 0 fully saturated rings. The summed E-state index contributed by atoms with van der Waals surface area (Å²) in [5.41, 5.74) is 1.76. The third-order valence-corrected chi connectivity index (χ3v) is 4.88. The molecular formula is C16H17ClN2O2. The lowest BCUT2D eigenvalue weighted by Crippen LogP contribution is -2.31. The van der Waals surface area contributed by atoms with E-state index in [0.717, 1.165) is 17.7 Å². The number of ketones is 1. The van der Waals surface area contributed by atoms with Gasteiger partial charge in [-0.05, 0) is 37.5 Å². The van der Waals surface area contributed by atoms with Crippen molar-refractivity contribution in [2.45, 2.75) is 31.6 Å². The summed E-state index contributed by atoms with van der Waals surface area (Å²) < 4.78 is 0. The molecule has 1 aliphatic carbocycles. The molecule has 1 aliphatic heterocycles. The van der Waals surface area contributed by atoms with Crippen molar-refractivity contribution in [2.75, 3.05) is 13.6 Å². The normalized spacial score (nSPS) is 25.2. The molecule has 110 valence electrons. The van der Waals surface area contributed by atoms with Crippen molar-refractivity contribution in [3.63, 3.8) is 0 Å². The maximum Gasteiger partial charge on any atom is 0.255 e. The summed E-state index contributed by atoms with van der Waals surface area (Å²) in [6.07, 6.45) is 5.48. The van der Waals surface area contributed by atoms with E-state index in [4.69, 9.17) is 11.6 Å². The summed E-state index contributed by atoms with van der Waals surface area (Å²) in [7, 11) is 1.80. The zero-order valence-corrected chi connectivity index (χ0v) is 12.9. The van der Waals surface area contributed by atoms with Crippen LogP contribution in [0.3, 0.4) is 0 Å². The van der Waals surface area contributed by atoms with Gasteiger partial charge >= 0.3 is 0 Å². The first kappa shape index (κ1) is 14.3. The summed E-state index contributed by atoms with van der Waals surface area (Å²) in [6, 6.07) is 1.82. The third kappa shape index (κ3) is 2.27. The van der Waals surface area contributed by atoms with E-state index in [2.05, 4.69) is 4.98 Å². The standard InChI is InChI=1S/C16H17ClN2O2/c1-10-9-12-13(18-14(10)17)16(5-3-11(20)4-6-16)7-8-19(2)15(12)21/h3,5,9H,4,6-8H2,1-2H3. The van der Waals surface area contributed by atoms with Gasteiger partial charge < -0.3 is 4.90 Å². The molecule has 21 heavy (non-hydrogen) atoms. The number of amides is 1. The Bertz CT molecular complexity index is 668. The average Bonchev–Trinajstić information content (AvgIpc) is 2.56. The van der Waals surface area contributed by atoms with E-state index in [9.17, 15) is 9.59 Å². The molecule has 2 heterocycles. The van der Waals surface area contributed by atoms with Gasteiger partial charge in [0.15, 0.2) is 5.78 Å². The summed E-state index contributed by atoms with van der Waals surface area (Å²) in [5, 5.41) is 0.427. The first-order valence-electron chi connectivity index (χ1n) is 7.08. The van der Waals surface area contributed by atoms with Crippen LogP contribution in [-0.4, -0.2) is 35.2 Å². The highest BCUT2D eigenvalue weighted by molar-refractivity contribution is 6.30. The minimum absolute atomic E-state index is 0.0283. The number of pyridine rings is 1. The molecule has 0 radical (unpaired) electrons. The molecule has 4 nitrogen and oxygen atoms in total. The number of aromatic nitrogens is 1. The number of hydrogen-bond acceptors (Lipinski definition) is 3. The SMILES string of the molecule is Cc1cc2c(nc1Cl)C1(C=CC(=O)CC1)CCN(C)C2=O. The van der Waals surface area contributed by atoms with Crippen LogP contribution in [0.15, 0.2) is 18.2 Å². The lowest BCUT2D eigenvalue weighted by atomic mass is 9.72. The number of nitrogens with zero attached hydrogens (tertiary/aromatic N) is 2. The molecule has 0 aromatic carbocycles. The van der Waals surface area contributed by atoms with Gasteiger partial charge in [0.05, 0.1) is 11.3 Å². The van der Waals surface area contributed by atoms with Crippen LogP contribution in [0, 0.1) is 6.92 Å². The van der Waals surface area contributed by atoms with Crippen molar-refractivity contribution in [3.05, 3.63) is 40.2 Å². The largest absolute Gasteiger partial charge is 0.342 e. The van der Waals surface area contributed by atoms with Gasteiger partial charge in [0.2, 0.25) is 0 Å². The molecule has 0 N–H and O–H groups in total. The average molecular weight is 305 g/mol. The predicted molar refractivity (Wildman–Crippen MR) is 80.6 cm³/mol. The first-order valence-corrected chi connectivity index (χ1v) is 7.46. The van der Waals surface area contributed by atoms with Gasteiger partial charge in [0, 0.05) is 25.4 Å². The van der Waals surface area contributed by atoms with Crippen LogP contribution >= 0.6 is 11.6 Å². The van der Waals surface area contributed by atoms with E-state index >= 15 is 0 Å². The molecule has 1 unspecified atom stereocenters. The quantitative estimate of drug-likeness (QED) is 0.692. The highest BCUT2D eigenvalue weighted by atomic mass is 35.5. The van der Waals surface area contributed by atoms with Gasteiger partial charge in [-0.1, -0.05) is 17.7 Å². The zero-order chi connectivity index (χ0) is 15.2. The summed E-state index contributed by atoms with van der Waals surface area (Å²) >= 11 is 6.19. The van der Waals surface area contributed by atoms with E-state index in [0.29, 0.717) is 30.1 Å². The van der Waals surface area contributed by atoms with Gasteiger partial charge in [-0.15, -0.1) is 0 Å². The maximum atomic E-state index is 12.5. The van der Waals surface area contributed by atoms with E-state index in [1.165, 1.54) is 0 Å². The maximum absolute atomic E-state index is 12.5. The Morgan fingerprint density at radius 3 is 2.76 bits per heavy atom. The van der Waals surface area contributed by atoms with Gasteiger partial charge in [-0.3, -0.25) is 9.59 Å². The summed E-state index contributed by atoms with van der Waals surface area (Å²) in [5.74, 6) is 0.101. The number of allylic oxidation sites excluding steroid dienone is 2. The summed E-state index contributed by atoms with van der Waals surface area (Å²) in [4.78, 5) is 30.3. The molecule has 1 aromatic heterocycles. The molecule has 0 saturated carbocycles. The Kier molecular flexibility index (Phi) is 3.36. The fourth-order valence-corrected chi connectivity index (χ4v) is 3.24. The topological polar surface area (TPSA) is 50.3 Å². The molecule has 0 saturated heterocycles. The van der Waals surface area contributed by atoms with E-state index in [-0.39, 0.29) is 17.1 Å². The number of halogens is 1. The Hall–Kier alpha value is -1.68. The second kappa shape index (κ2) is 4.95. The number of carbonyl (C=O) groups is 2. The van der Waals surface area contributed by atoms with E-state index in [1.54, 1.807) is 18.0 Å². The number of carbonyl (C=O) groups excluding carboxylic acids is 2. The number of aryl methyl sites for hydroxylation is 1. The lowest BCUT2D eigenvalue weighted by molar-refractivity contribution is -0.115. The minimum Gasteiger partial charge on any atom is -0.342 e. The highest BCUT2D eigenvalue weighted by Gasteiger charge is 2.40. The second-order valence-corrected chi connectivity index (χ2v) is 6.28. The molecule has 1 aromatic rings. The van der Waals surface area contributed by atoms with Gasteiger partial charge in [-0.2, -0.15) is 0 Å². The Labute approximate surface area is 128 Å².